The van der Waals surface area contributed by atoms with E-state index in [4.69, 9.17) is 4.74 Å². The van der Waals surface area contributed by atoms with Gasteiger partial charge < -0.3 is 4.74 Å². The summed E-state index contributed by atoms with van der Waals surface area (Å²) in [5.41, 5.74) is 0.523. The third-order valence-electron chi connectivity index (χ3n) is 2.90. The summed E-state index contributed by atoms with van der Waals surface area (Å²) in [5.74, 6) is 0. The minimum atomic E-state index is 0.523. The fourth-order valence-electron chi connectivity index (χ4n) is 1.98. The predicted molar refractivity (Wildman–Crippen MR) is 44.4 cm³/mol. The van der Waals surface area contributed by atoms with Crippen molar-refractivity contribution in [3.8, 4) is 0 Å². The molecule has 2 aliphatic heterocycles. The molecule has 58 valence electrons. The molecule has 0 spiro atoms. The summed E-state index contributed by atoms with van der Waals surface area (Å²) in [7, 11) is 0. The fourth-order valence-corrected chi connectivity index (χ4v) is 2.70. The molecule has 2 heterocycles. The van der Waals surface area contributed by atoms with Crippen LogP contribution in [0.1, 0.15) is 25.7 Å². The van der Waals surface area contributed by atoms with Crippen LogP contribution in [0.2, 0.25) is 0 Å². The van der Waals surface area contributed by atoms with Crippen molar-refractivity contribution in [3.63, 3.8) is 0 Å². The van der Waals surface area contributed by atoms with E-state index in [2.05, 4.69) is 15.9 Å². The number of halogens is 1. The summed E-state index contributed by atoms with van der Waals surface area (Å²) in [4.78, 5) is 0. The SMILES string of the molecule is BrCC12CCC(CC1)OC2. The van der Waals surface area contributed by atoms with Crippen LogP contribution in [0.4, 0.5) is 0 Å². The van der Waals surface area contributed by atoms with Crippen molar-refractivity contribution in [2.45, 2.75) is 31.8 Å². The van der Waals surface area contributed by atoms with Gasteiger partial charge in [-0.2, -0.15) is 0 Å². The minimum absolute atomic E-state index is 0.523. The average molecular weight is 205 g/mol. The van der Waals surface area contributed by atoms with Crippen molar-refractivity contribution in [3.05, 3.63) is 0 Å². The number of hydrogen-bond acceptors (Lipinski definition) is 1. The van der Waals surface area contributed by atoms with E-state index in [0.29, 0.717) is 11.5 Å². The lowest BCUT2D eigenvalue weighted by Gasteiger charge is -2.45. The van der Waals surface area contributed by atoms with E-state index in [9.17, 15) is 0 Å². The van der Waals surface area contributed by atoms with Crippen molar-refractivity contribution < 1.29 is 4.74 Å². The molecule has 3 fully saturated rings. The molecule has 0 radical (unpaired) electrons. The smallest absolute Gasteiger partial charge is 0.0575 e. The fraction of sp³-hybridized carbons (Fsp3) is 1.00. The summed E-state index contributed by atoms with van der Waals surface area (Å²) in [6.45, 7) is 1.00. The molecule has 1 aliphatic carbocycles. The van der Waals surface area contributed by atoms with Gasteiger partial charge in [-0.3, -0.25) is 0 Å². The summed E-state index contributed by atoms with van der Waals surface area (Å²) < 4.78 is 5.64. The molecule has 3 aliphatic rings. The Bertz CT molecular complexity index is 113. The number of ether oxygens (including phenoxy) is 1. The van der Waals surface area contributed by atoms with Gasteiger partial charge in [-0.1, -0.05) is 15.9 Å². The Balaban J connectivity index is 2.08. The second kappa shape index (κ2) is 2.49. The quantitative estimate of drug-likeness (QED) is 0.597. The van der Waals surface area contributed by atoms with E-state index < -0.39 is 0 Å². The van der Waals surface area contributed by atoms with Gasteiger partial charge in [-0.05, 0) is 25.7 Å². The molecule has 1 saturated carbocycles. The van der Waals surface area contributed by atoms with Crippen LogP contribution in [0.3, 0.4) is 0 Å². The Labute approximate surface area is 70.3 Å². The Hall–Kier alpha value is 0.440. The molecule has 0 N–H and O–H groups in total. The van der Waals surface area contributed by atoms with Crippen molar-refractivity contribution in [1.82, 2.24) is 0 Å². The molecule has 10 heavy (non-hydrogen) atoms. The van der Waals surface area contributed by atoms with Crippen LogP contribution in [0.25, 0.3) is 0 Å². The van der Waals surface area contributed by atoms with Crippen LogP contribution >= 0.6 is 15.9 Å². The van der Waals surface area contributed by atoms with Gasteiger partial charge in [0, 0.05) is 10.7 Å². The summed E-state index contributed by atoms with van der Waals surface area (Å²) >= 11 is 3.57. The number of fused-ring (bicyclic) bond motifs is 3. The minimum Gasteiger partial charge on any atom is -0.378 e. The number of alkyl halides is 1. The van der Waals surface area contributed by atoms with Gasteiger partial charge in [0.1, 0.15) is 0 Å². The normalized spacial score (nSPS) is 45.9. The molecular weight excluding hydrogens is 192 g/mol. The highest BCUT2D eigenvalue weighted by Crippen LogP contribution is 2.43. The van der Waals surface area contributed by atoms with Crippen LogP contribution < -0.4 is 0 Å². The van der Waals surface area contributed by atoms with Gasteiger partial charge in [0.15, 0.2) is 0 Å². The lowest BCUT2D eigenvalue weighted by Crippen LogP contribution is -2.43. The average Bonchev–Trinajstić information content (AvgIpc) is 2.08. The second-order valence-electron chi connectivity index (χ2n) is 3.64. The predicted octanol–water partition coefficient (Wildman–Crippen LogP) is 2.34. The molecule has 2 bridgehead atoms. The van der Waals surface area contributed by atoms with Crippen molar-refractivity contribution in [2.75, 3.05) is 11.9 Å². The van der Waals surface area contributed by atoms with Gasteiger partial charge in [-0.25, -0.2) is 0 Å². The lowest BCUT2D eigenvalue weighted by atomic mass is 9.73. The van der Waals surface area contributed by atoms with Gasteiger partial charge >= 0.3 is 0 Å². The maximum Gasteiger partial charge on any atom is 0.0575 e. The Morgan fingerprint density at radius 1 is 1.40 bits per heavy atom. The van der Waals surface area contributed by atoms with Crippen LogP contribution in [-0.4, -0.2) is 18.0 Å². The molecule has 0 aromatic rings. The molecule has 2 saturated heterocycles. The third-order valence-corrected chi connectivity index (χ3v) is 4.09. The van der Waals surface area contributed by atoms with E-state index in [1.807, 2.05) is 0 Å². The topological polar surface area (TPSA) is 9.23 Å². The van der Waals surface area contributed by atoms with Gasteiger partial charge in [0.2, 0.25) is 0 Å². The maximum atomic E-state index is 5.64. The Kier molecular flexibility index (Phi) is 1.77. The zero-order valence-electron chi connectivity index (χ0n) is 6.11. The molecule has 3 rings (SSSR count). The first-order chi connectivity index (χ1) is 4.85. The van der Waals surface area contributed by atoms with E-state index in [1.165, 1.54) is 25.7 Å². The maximum absolute atomic E-state index is 5.64. The van der Waals surface area contributed by atoms with Crippen LogP contribution in [0.15, 0.2) is 0 Å². The molecule has 0 aromatic carbocycles. The van der Waals surface area contributed by atoms with Gasteiger partial charge in [-0.15, -0.1) is 0 Å². The first kappa shape index (κ1) is 7.11. The molecule has 0 unspecified atom stereocenters. The van der Waals surface area contributed by atoms with Gasteiger partial charge in [0.25, 0.3) is 0 Å². The second-order valence-corrected chi connectivity index (χ2v) is 4.20. The van der Waals surface area contributed by atoms with Crippen LogP contribution in [-0.2, 0) is 4.74 Å². The zero-order valence-corrected chi connectivity index (χ0v) is 7.69. The zero-order chi connectivity index (χ0) is 7.03. The lowest BCUT2D eigenvalue weighted by molar-refractivity contribution is -0.103. The van der Waals surface area contributed by atoms with Crippen molar-refractivity contribution >= 4 is 15.9 Å². The summed E-state index contributed by atoms with van der Waals surface area (Å²) in [5, 5.41) is 1.13. The number of hydrogen-bond donors (Lipinski definition) is 0. The van der Waals surface area contributed by atoms with E-state index in [1.54, 1.807) is 0 Å². The molecule has 2 heteroatoms. The highest BCUT2D eigenvalue weighted by Gasteiger charge is 2.40. The standard InChI is InChI=1S/C8H13BrO/c9-5-8-3-1-7(2-4-8)10-6-8/h7H,1-6H2. The highest BCUT2D eigenvalue weighted by atomic mass is 79.9. The van der Waals surface area contributed by atoms with Gasteiger partial charge in [0.05, 0.1) is 12.7 Å². The first-order valence-electron chi connectivity index (χ1n) is 4.02. The van der Waals surface area contributed by atoms with Crippen LogP contribution in [0, 0.1) is 5.41 Å². The first-order valence-corrected chi connectivity index (χ1v) is 5.14. The van der Waals surface area contributed by atoms with Crippen molar-refractivity contribution in [1.29, 1.82) is 0 Å². The van der Waals surface area contributed by atoms with E-state index in [-0.39, 0.29) is 0 Å². The number of rotatable bonds is 1. The third kappa shape index (κ3) is 1.02. The van der Waals surface area contributed by atoms with Crippen molar-refractivity contribution in [2.24, 2.45) is 5.41 Å². The monoisotopic (exact) mass is 204 g/mol. The molecule has 0 aromatic heterocycles. The van der Waals surface area contributed by atoms with E-state index in [0.717, 1.165) is 11.9 Å². The highest BCUT2D eigenvalue weighted by molar-refractivity contribution is 9.09. The largest absolute Gasteiger partial charge is 0.378 e. The van der Waals surface area contributed by atoms with Crippen LogP contribution in [0.5, 0.6) is 0 Å². The molecule has 0 atom stereocenters. The summed E-state index contributed by atoms with van der Waals surface area (Å²) in [6.07, 6.45) is 5.96. The summed E-state index contributed by atoms with van der Waals surface area (Å²) in [6, 6.07) is 0. The Morgan fingerprint density at radius 3 is 2.40 bits per heavy atom. The Morgan fingerprint density at radius 2 is 2.10 bits per heavy atom. The van der Waals surface area contributed by atoms with E-state index >= 15 is 0 Å². The molecule has 0 amide bonds. The molecular formula is C8H13BrO. The molecule has 1 nitrogen and oxygen atoms in total.